The molecule has 1 aromatic carbocycles. The van der Waals surface area contributed by atoms with Gasteiger partial charge in [0.1, 0.15) is 11.5 Å². The van der Waals surface area contributed by atoms with E-state index in [9.17, 15) is 4.79 Å². The average molecular weight is 277 g/mol. The van der Waals surface area contributed by atoms with Crippen molar-refractivity contribution in [2.24, 2.45) is 0 Å². The van der Waals surface area contributed by atoms with Crippen LogP contribution in [-0.4, -0.2) is 15.5 Å². The van der Waals surface area contributed by atoms with Crippen LogP contribution < -0.4 is 10.2 Å². The van der Waals surface area contributed by atoms with Crippen molar-refractivity contribution in [3.63, 3.8) is 0 Å². The van der Waals surface area contributed by atoms with Crippen LogP contribution in [0.25, 0.3) is 0 Å². The van der Waals surface area contributed by atoms with E-state index in [0.717, 1.165) is 22.7 Å². The van der Waals surface area contributed by atoms with Crippen molar-refractivity contribution in [2.75, 3.05) is 0 Å². The monoisotopic (exact) mass is 277 g/mol. The molecular formula is C12H11N3O3S. The Labute approximate surface area is 113 Å². The van der Waals surface area contributed by atoms with Gasteiger partial charge < -0.3 is 10.2 Å². The molecule has 3 rings (SSSR count). The van der Waals surface area contributed by atoms with Gasteiger partial charge in [0.15, 0.2) is 5.75 Å². The zero-order valence-electron chi connectivity index (χ0n) is 10.2. The van der Waals surface area contributed by atoms with Gasteiger partial charge in [-0.2, -0.15) is 4.89 Å². The first-order chi connectivity index (χ1) is 9.24. The Morgan fingerprint density at radius 1 is 1.53 bits per heavy atom. The molecule has 0 aliphatic carbocycles. The lowest BCUT2D eigenvalue weighted by Gasteiger charge is -2.05. The van der Waals surface area contributed by atoms with Gasteiger partial charge >= 0.3 is 0 Å². The third kappa shape index (κ3) is 2.42. The number of fused-ring (bicyclic) bond motifs is 1. The summed E-state index contributed by atoms with van der Waals surface area (Å²) < 4.78 is 3.74. The predicted molar refractivity (Wildman–Crippen MR) is 67.7 cm³/mol. The van der Waals surface area contributed by atoms with E-state index < -0.39 is 0 Å². The highest BCUT2D eigenvalue weighted by Gasteiger charge is 2.15. The number of carbonyl (C=O) groups is 1. The summed E-state index contributed by atoms with van der Waals surface area (Å²) in [5, 5.41) is 6.64. The average Bonchev–Trinajstić information content (AvgIpc) is 3.03. The zero-order valence-corrected chi connectivity index (χ0v) is 11.0. The molecule has 0 bridgehead atoms. The van der Waals surface area contributed by atoms with Crippen molar-refractivity contribution >= 4 is 17.4 Å². The van der Waals surface area contributed by atoms with Crippen molar-refractivity contribution in [2.45, 2.75) is 20.1 Å². The number of aromatic nitrogens is 2. The van der Waals surface area contributed by atoms with E-state index in [1.807, 2.05) is 18.2 Å². The molecule has 1 aromatic heterocycles. The fraction of sp³-hybridized carbons (Fsp3) is 0.250. The number of hydrogen-bond donors (Lipinski definition) is 1. The van der Waals surface area contributed by atoms with Crippen LogP contribution in [0, 0.1) is 6.92 Å². The van der Waals surface area contributed by atoms with Crippen LogP contribution in [0.2, 0.25) is 0 Å². The Morgan fingerprint density at radius 2 is 2.42 bits per heavy atom. The zero-order chi connectivity index (χ0) is 13.2. The molecule has 19 heavy (non-hydrogen) atoms. The van der Waals surface area contributed by atoms with E-state index in [1.54, 1.807) is 6.92 Å². The SMILES string of the molecule is Cc1nnsc1C(=O)NCc1ccc2c(c1)OOC2. The Morgan fingerprint density at radius 3 is 3.21 bits per heavy atom. The highest BCUT2D eigenvalue weighted by atomic mass is 32.1. The van der Waals surface area contributed by atoms with E-state index in [-0.39, 0.29) is 5.91 Å². The van der Waals surface area contributed by atoms with Gasteiger partial charge in [0, 0.05) is 12.1 Å². The van der Waals surface area contributed by atoms with E-state index in [2.05, 4.69) is 14.9 Å². The molecule has 1 aliphatic heterocycles. The molecule has 1 amide bonds. The predicted octanol–water partition coefficient (Wildman–Crippen LogP) is 1.60. The van der Waals surface area contributed by atoms with E-state index in [1.165, 1.54) is 0 Å². The molecule has 0 saturated carbocycles. The Balaban J connectivity index is 1.66. The molecule has 0 saturated heterocycles. The lowest BCUT2D eigenvalue weighted by Crippen LogP contribution is -2.22. The van der Waals surface area contributed by atoms with Crippen LogP contribution in [-0.2, 0) is 18.0 Å². The number of nitrogens with zero attached hydrogens (tertiary/aromatic N) is 2. The van der Waals surface area contributed by atoms with E-state index in [0.29, 0.717) is 29.5 Å². The van der Waals surface area contributed by atoms with Gasteiger partial charge in [-0.05, 0) is 30.1 Å². The second-order valence-electron chi connectivity index (χ2n) is 4.16. The van der Waals surface area contributed by atoms with Gasteiger partial charge in [-0.15, -0.1) is 5.10 Å². The van der Waals surface area contributed by atoms with Crippen molar-refractivity contribution in [1.82, 2.24) is 14.9 Å². The number of rotatable bonds is 3. The number of carbonyl (C=O) groups excluding carboxylic acids is 1. The summed E-state index contributed by atoms with van der Waals surface area (Å²) in [7, 11) is 0. The van der Waals surface area contributed by atoms with Gasteiger partial charge in [-0.3, -0.25) is 4.79 Å². The summed E-state index contributed by atoms with van der Waals surface area (Å²) >= 11 is 1.10. The smallest absolute Gasteiger partial charge is 0.265 e. The van der Waals surface area contributed by atoms with Crippen LogP contribution in [0.15, 0.2) is 18.2 Å². The molecule has 2 heterocycles. The molecular weight excluding hydrogens is 266 g/mol. The van der Waals surface area contributed by atoms with Crippen LogP contribution in [0.1, 0.15) is 26.5 Å². The topological polar surface area (TPSA) is 73.3 Å². The maximum absolute atomic E-state index is 11.9. The van der Waals surface area contributed by atoms with Crippen molar-refractivity contribution in [1.29, 1.82) is 0 Å². The first kappa shape index (κ1) is 12.1. The standard InChI is InChI=1S/C12H11N3O3S/c1-7-11(19-15-14-7)12(16)13-5-8-2-3-9-6-17-18-10(9)4-8/h2-4H,5-6H2,1H3,(H,13,16). The number of hydrogen-bond acceptors (Lipinski definition) is 6. The van der Waals surface area contributed by atoms with Gasteiger partial charge in [-0.1, -0.05) is 16.6 Å². The van der Waals surface area contributed by atoms with Crippen LogP contribution in [0.3, 0.4) is 0 Å². The first-order valence-corrected chi connectivity index (χ1v) is 6.50. The number of aryl methyl sites for hydroxylation is 1. The molecule has 0 atom stereocenters. The Bertz CT molecular complexity index is 626. The molecule has 1 aliphatic rings. The molecule has 0 fully saturated rings. The van der Waals surface area contributed by atoms with Gasteiger partial charge in [0.25, 0.3) is 5.91 Å². The van der Waals surface area contributed by atoms with Crippen molar-refractivity contribution < 1.29 is 14.6 Å². The van der Waals surface area contributed by atoms with Crippen LogP contribution in [0.5, 0.6) is 5.75 Å². The van der Waals surface area contributed by atoms with Gasteiger partial charge in [-0.25, -0.2) is 0 Å². The van der Waals surface area contributed by atoms with E-state index >= 15 is 0 Å². The van der Waals surface area contributed by atoms with Crippen LogP contribution >= 0.6 is 11.5 Å². The molecule has 7 heteroatoms. The fourth-order valence-electron chi connectivity index (χ4n) is 1.76. The summed E-state index contributed by atoms with van der Waals surface area (Å²) in [5.41, 5.74) is 2.61. The largest absolute Gasteiger partial charge is 0.347 e. The minimum absolute atomic E-state index is 0.162. The maximum Gasteiger partial charge on any atom is 0.265 e. The first-order valence-electron chi connectivity index (χ1n) is 5.72. The Kier molecular flexibility index (Phi) is 3.14. The quantitative estimate of drug-likeness (QED) is 0.863. The number of nitrogens with one attached hydrogen (secondary N) is 1. The van der Waals surface area contributed by atoms with E-state index in [4.69, 9.17) is 9.78 Å². The lowest BCUT2D eigenvalue weighted by molar-refractivity contribution is -0.194. The second-order valence-corrected chi connectivity index (χ2v) is 4.91. The molecule has 0 radical (unpaired) electrons. The van der Waals surface area contributed by atoms with Crippen molar-refractivity contribution in [3.05, 3.63) is 39.9 Å². The number of benzene rings is 1. The third-order valence-electron chi connectivity index (χ3n) is 2.81. The summed E-state index contributed by atoms with van der Waals surface area (Å²) in [4.78, 5) is 22.3. The normalized spacial score (nSPS) is 12.9. The molecule has 2 aromatic rings. The molecule has 1 N–H and O–H groups in total. The highest BCUT2D eigenvalue weighted by Crippen LogP contribution is 2.26. The maximum atomic E-state index is 11.9. The summed E-state index contributed by atoms with van der Waals surface area (Å²) in [6.45, 7) is 2.65. The summed E-state index contributed by atoms with van der Waals surface area (Å²) in [6.07, 6.45) is 0. The third-order valence-corrected chi connectivity index (χ3v) is 3.63. The van der Waals surface area contributed by atoms with Crippen LogP contribution in [0.4, 0.5) is 0 Å². The fourth-order valence-corrected chi connectivity index (χ4v) is 2.34. The molecule has 98 valence electrons. The highest BCUT2D eigenvalue weighted by molar-refractivity contribution is 7.07. The minimum Gasteiger partial charge on any atom is -0.347 e. The second kappa shape index (κ2) is 4.94. The van der Waals surface area contributed by atoms with Crippen molar-refractivity contribution in [3.8, 4) is 5.75 Å². The summed E-state index contributed by atoms with van der Waals surface area (Å²) in [6, 6.07) is 5.73. The molecule has 0 unspecified atom stereocenters. The molecule has 6 nitrogen and oxygen atoms in total. The summed E-state index contributed by atoms with van der Waals surface area (Å²) in [5.74, 6) is 0.549. The van der Waals surface area contributed by atoms with Gasteiger partial charge in [0.05, 0.1) is 5.69 Å². The lowest BCUT2D eigenvalue weighted by atomic mass is 10.1. The Hall–Kier alpha value is -1.99. The number of amides is 1. The molecule has 0 spiro atoms. The van der Waals surface area contributed by atoms with Gasteiger partial charge in [0.2, 0.25) is 0 Å². The minimum atomic E-state index is -0.162.